The van der Waals surface area contributed by atoms with Crippen molar-refractivity contribution in [1.29, 1.82) is 0 Å². The molecule has 2 rings (SSSR count). The van der Waals surface area contributed by atoms with Gasteiger partial charge in [0.25, 0.3) is 0 Å². The first kappa shape index (κ1) is 10.4. The van der Waals surface area contributed by atoms with Crippen LogP contribution in [0.15, 0.2) is 60.7 Å². The summed E-state index contributed by atoms with van der Waals surface area (Å²) >= 11 is 0. The second kappa shape index (κ2) is 5.09. The Hall–Kier alpha value is -1.13. The van der Waals surface area contributed by atoms with E-state index in [4.69, 9.17) is 0 Å². The molecule has 0 nitrogen and oxygen atoms in total. The van der Waals surface area contributed by atoms with Gasteiger partial charge in [0, 0.05) is 0 Å². The molecule has 76 valence electrons. The fourth-order valence-corrected chi connectivity index (χ4v) is 4.19. The first-order valence-corrected chi connectivity index (χ1v) is 7.09. The topological polar surface area (TPSA) is 0 Å². The quantitative estimate of drug-likeness (QED) is 0.691. The van der Waals surface area contributed by atoms with E-state index in [0.29, 0.717) is 0 Å². The van der Waals surface area contributed by atoms with Gasteiger partial charge in [-0.1, -0.05) is 36.4 Å². The number of hydrogen-bond donors (Lipinski definition) is 0. The molecule has 0 saturated carbocycles. The number of benzene rings is 2. The first-order valence-electron chi connectivity index (χ1n) is 5.38. The predicted molar refractivity (Wildman–Crippen MR) is 71.0 cm³/mol. The molecule has 0 unspecified atom stereocenters. The minimum absolute atomic E-state index is 0.539. The predicted octanol–water partition coefficient (Wildman–Crippen LogP) is 2.87. The highest BCUT2D eigenvalue weighted by Gasteiger charge is 2.18. The van der Waals surface area contributed by atoms with Crippen molar-refractivity contribution >= 4 is 18.5 Å². The molecular weight excluding hydrogens is 199 g/mol. The maximum atomic E-state index is 2.29. The third-order valence-corrected chi connectivity index (χ3v) is 5.37. The monoisotopic (exact) mass is 215 g/mol. The van der Waals surface area contributed by atoms with Crippen LogP contribution in [0.4, 0.5) is 0 Å². The van der Waals surface area contributed by atoms with Gasteiger partial charge in [-0.3, -0.25) is 0 Å². The van der Waals surface area contributed by atoms with Gasteiger partial charge in [0.15, 0.2) is 0 Å². The van der Waals surface area contributed by atoms with Crippen LogP contribution in [-0.4, -0.2) is 6.16 Å². The highest BCUT2D eigenvalue weighted by atomic mass is 31.1. The zero-order valence-corrected chi connectivity index (χ0v) is 9.98. The van der Waals surface area contributed by atoms with Crippen LogP contribution in [-0.2, 0) is 0 Å². The Balaban J connectivity index is 2.34. The summed E-state index contributed by atoms with van der Waals surface area (Å²) in [6.07, 6.45) is 1.25. The summed E-state index contributed by atoms with van der Waals surface area (Å²) in [6.45, 7) is 2.29. The van der Waals surface area contributed by atoms with Crippen LogP contribution in [0, 0.1) is 0 Å². The van der Waals surface area contributed by atoms with Crippen LogP contribution < -0.4 is 10.6 Å². The average molecular weight is 215 g/mol. The summed E-state index contributed by atoms with van der Waals surface area (Å²) in [7, 11) is -0.539. The second-order valence-corrected chi connectivity index (χ2v) is 6.38. The number of rotatable bonds is 3. The van der Waals surface area contributed by atoms with Gasteiger partial charge in [0.2, 0.25) is 0 Å². The molecule has 0 fully saturated rings. The van der Waals surface area contributed by atoms with Gasteiger partial charge in [-0.05, 0) is 31.2 Å². The maximum Gasteiger partial charge on any atom is 0.0966 e. The second-order valence-electron chi connectivity index (χ2n) is 3.56. The van der Waals surface area contributed by atoms with E-state index in [-0.39, 0.29) is 0 Å². The van der Waals surface area contributed by atoms with E-state index in [1.807, 2.05) is 0 Å². The molecule has 0 aliphatic heterocycles. The highest BCUT2D eigenvalue weighted by molar-refractivity contribution is 7.72. The third-order valence-electron chi connectivity index (χ3n) is 2.60. The van der Waals surface area contributed by atoms with Gasteiger partial charge in [-0.25, -0.2) is 0 Å². The number of hydrogen-bond acceptors (Lipinski definition) is 0. The van der Waals surface area contributed by atoms with Crippen molar-refractivity contribution in [2.45, 2.75) is 6.92 Å². The highest BCUT2D eigenvalue weighted by Crippen LogP contribution is 2.32. The van der Waals surface area contributed by atoms with Gasteiger partial charge in [0.05, 0.1) is 24.7 Å². The summed E-state index contributed by atoms with van der Waals surface area (Å²) in [5.74, 6) is 0. The lowest BCUT2D eigenvalue weighted by Gasteiger charge is -2.07. The van der Waals surface area contributed by atoms with E-state index in [0.717, 1.165) is 0 Å². The molecule has 0 radical (unpaired) electrons. The van der Waals surface area contributed by atoms with Gasteiger partial charge in [-0.2, -0.15) is 0 Å². The van der Waals surface area contributed by atoms with Gasteiger partial charge < -0.3 is 0 Å². The molecule has 0 atom stereocenters. The van der Waals surface area contributed by atoms with Crippen molar-refractivity contribution in [3.8, 4) is 0 Å². The normalized spacial score (nSPS) is 10.5. The van der Waals surface area contributed by atoms with Crippen molar-refractivity contribution in [2.75, 3.05) is 6.16 Å². The fraction of sp³-hybridized carbons (Fsp3) is 0.143. The van der Waals surface area contributed by atoms with Gasteiger partial charge in [0.1, 0.15) is 0 Å². The van der Waals surface area contributed by atoms with Crippen LogP contribution in [0.2, 0.25) is 0 Å². The van der Waals surface area contributed by atoms with Crippen LogP contribution in [0.25, 0.3) is 0 Å². The minimum atomic E-state index is -0.539. The Morgan fingerprint density at radius 2 is 1.13 bits per heavy atom. The standard InChI is InChI=1S/C14H15P/c1-2-15(13-9-5-3-6-10-13)14-11-7-4-8-12-14/h3-12H,2H2,1H3/p+1. The zero-order valence-electron chi connectivity index (χ0n) is 8.98. The van der Waals surface area contributed by atoms with E-state index in [9.17, 15) is 0 Å². The summed E-state index contributed by atoms with van der Waals surface area (Å²) in [5.41, 5.74) is 0. The summed E-state index contributed by atoms with van der Waals surface area (Å²) in [4.78, 5) is 0. The van der Waals surface area contributed by atoms with Crippen molar-refractivity contribution in [3.05, 3.63) is 60.7 Å². The Bertz CT molecular complexity index is 355. The lowest BCUT2D eigenvalue weighted by Crippen LogP contribution is -2.12. The maximum absolute atomic E-state index is 2.29. The zero-order chi connectivity index (χ0) is 10.5. The minimum Gasteiger partial charge on any atom is -0.0620 e. The van der Waals surface area contributed by atoms with E-state index in [1.165, 1.54) is 16.8 Å². The van der Waals surface area contributed by atoms with Crippen molar-refractivity contribution < 1.29 is 0 Å². The van der Waals surface area contributed by atoms with Crippen molar-refractivity contribution in [1.82, 2.24) is 0 Å². The molecule has 0 N–H and O–H groups in total. The molecule has 0 amide bonds. The first-order chi connectivity index (χ1) is 7.42. The Kier molecular flexibility index (Phi) is 3.53. The molecule has 0 spiro atoms. The Morgan fingerprint density at radius 1 is 0.733 bits per heavy atom. The van der Waals surface area contributed by atoms with Crippen LogP contribution >= 0.6 is 7.92 Å². The molecule has 0 saturated heterocycles. The molecule has 2 aromatic carbocycles. The molecule has 0 aliphatic carbocycles. The molecule has 0 aliphatic rings. The largest absolute Gasteiger partial charge is 0.0966 e. The molecule has 0 heterocycles. The van der Waals surface area contributed by atoms with Crippen molar-refractivity contribution in [2.24, 2.45) is 0 Å². The molecule has 15 heavy (non-hydrogen) atoms. The summed E-state index contributed by atoms with van der Waals surface area (Å²) < 4.78 is 0. The van der Waals surface area contributed by atoms with Crippen LogP contribution in [0.1, 0.15) is 6.92 Å². The van der Waals surface area contributed by atoms with E-state index < -0.39 is 7.92 Å². The molecule has 1 heteroatoms. The van der Waals surface area contributed by atoms with E-state index in [1.54, 1.807) is 0 Å². The van der Waals surface area contributed by atoms with Crippen LogP contribution in [0.5, 0.6) is 0 Å². The molecule has 2 aromatic rings. The lowest BCUT2D eigenvalue weighted by molar-refractivity contribution is 1.51. The average Bonchev–Trinajstić information content (AvgIpc) is 2.33. The molecular formula is C14H16P+. The van der Waals surface area contributed by atoms with Crippen molar-refractivity contribution in [3.63, 3.8) is 0 Å². The van der Waals surface area contributed by atoms with E-state index >= 15 is 0 Å². The van der Waals surface area contributed by atoms with Gasteiger partial charge in [-0.15, -0.1) is 0 Å². The SMILES string of the molecule is CC[PH+](c1ccccc1)c1ccccc1. The molecule has 0 bridgehead atoms. The Labute approximate surface area is 92.7 Å². The summed E-state index contributed by atoms with van der Waals surface area (Å²) in [6, 6.07) is 21.7. The summed E-state index contributed by atoms with van der Waals surface area (Å²) in [5, 5.41) is 3.02. The third kappa shape index (κ3) is 2.46. The smallest absolute Gasteiger partial charge is 0.0620 e. The Morgan fingerprint density at radius 3 is 1.47 bits per heavy atom. The molecule has 0 aromatic heterocycles. The van der Waals surface area contributed by atoms with Gasteiger partial charge >= 0.3 is 0 Å². The fourth-order valence-electron chi connectivity index (χ4n) is 1.85. The lowest BCUT2D eigenvalue weighted by atomic mass is 10.4. The van der Waals surface area contributed by atoms with Crippen LogP contribution in [0.3, 0.4) is 0 Å². The van der Waals surface area contributed by atoms with E-state index in [2.05, 4.69) is 67.6 Å².